The maximum Gasteiger partial charge on any atom is 0.226 e. The summed E-state index contributed by atoms with van der Waals surface area (Å²) in [5, 5.41) is 3.84. The van der Waals surface area contributed by atoms with Crippen LogP contribution in [-0.4, -0.2) is 43.1 Å². The third-order valence-corrected chi connectivity index (χ3v) is 3.54. The summed E-state index contributed by atoms with van der Waals surface area (Å²) in [6, 6.07) is 7.54. The first-order chi connectivity index (χ1) is 9.18. The molecule has 1 aromatic rings. The Kier molecular flexibility index (Phi) is 7.13. The molecule has 20 heavy (non-hydrogen) atoms. The van der Waals surface area contributed by atoms with E-state index in [0.29, 0.717) is 23.8 Å². The molecule has 4 nitrogen and oxygen atoms in total. The fourth-order valence-corrected chi connectivity index (χ4v) is 2.36. The number of para-hydroxylation sites is 1. The minimum atomic E-state index is 0. The average molecular weight is 319 g/mol. The molecule has 0 aliphatic carbocycles. The fourth-order valence-electron chi connectivity index (χ4n) is 2.17. The molecule has 1 aliphatic heterocycles. The standard InChI is InChI=1S/C14H19ClN2O2.ClH/c1-11-10-16-7-8-17(11)14(18)6-9-19-13-5-3-2-4-12(13)15;/h2-5,11,16H,6-10H2,1H3;1H/t11-;/m0./s1. The Morgan fingerprint density at radius 3 is 2.95 bits per heavy atom. The quantitative estimate of drug-likeness (QED) is 0.926. The van der Waals surface area contributed by atoms with Crippen LogP contribution in [0.15, 0.2) is 24.3 Å². The Morgan fingerprint density at radius 2 is 2.25 bits per heavy atom. The second-order valence-electron chi connectivity index (χ2n) is 4.67. The summed E-state index contributed by atoms with van der Waals surface area (Å²) in [5.41, 5.74) is 0. The number of amides is 1. The molecule has 1 aromatic carbocycles. The molecule has 0 unspecified atom stereocenters. The number of piperazine rings is 1. The number of carbonyl (C=O) groups excluding carboxylic acids is 1. The minimum Gasteiger partial charge on any atom is -0.491 e. The van der Waals surface area contributed by atoms with Crippen LogP contribution in [0.2, 0.25) is 5.02 Å². The summed E-state index contributed by atoms with van der Waals surface area (Å²) in [4.78, 5) is 14.0. The first-order valence-electron chi connectivity index (χ1n) is 6.56. The molecule has 0 radical (unpaired) electrons. The monoisotopic (exact) mass is 318 g/mol. The molecule has 6 heteroatoms. The Morgan fingerprint density at radius 1 is 1.50 bits per heavy atom. The van der Waals surface area contributed by atoms with Crippen LogP contribution in [0.25, 0.3) is 0 Å². The Labute approximate surface area is 130 Å². The van der Waals surface area contributed by atoms with Crippen molar-refractivity contribution in [3.05, 3.63) is 29.3 Å². The van der Waals surface area contributed by atoms with E-state index in [9.17, 15) is 4.79 Å². The van der Waals surface area contributed by atoms with E-state index in [-0.39, 0.29) is 24.4 Å². The van der Waals surface area contributed by atoms with Crippen LogP contribution >= 0.6 is 24.0 Å². The Hall–Kier alpha value is -0.970. The van der Waals surface area contributed by atoms with Gasteiger partial charge in [-0.2, -0.15) is 0 Å². The predicted octanol–water partition coefficient (Wildman–Crippen LogP) is 2.35. The van der Waals surface area contributed by atoms with Crippen LogP contribution in [0.4, 0.5) is 0 Å². The maximum absolute atomic E-state index is 12.1. The van der Waals surface area contributed by atoms with Crippen LogP contribution in [0.3, 0.4) is 0 Å². The van der Waals surface area contributed by atoms with Gasteiger partial charge in [0.15, 0.2) is 0 Å². The summed E-state index contributed by atoms with van der Waals surface area (Å²) < 4.78 is 5.54. The predicted molar refractivity (Wildman–Crippen MR) is 82.9 cm³/mol. The van der Waals surface area contributed by atoms with Crippen LogP contribution < -0.4 is 10.1 Å². The second kappa shape index (κ2) is 8.35. The molecule has 1 amide bonds. The van der Waals surface area contributed by atoms with Gasteiger partial charge in [-0.1, -0.05) is 23.7 Å². The van der Waals surface area contributed by atoms with Gasteiger partial charge in [-0.15, -0.1) is 12.4 Å². The van der Waals surface area contributed by atoms with Crippen molar-refractivity contribution in [3.8, 4) is 5.75 Å². The van der Waals surface area contributed by atoms with E-state index in [2.05, 4.69) is 12.2 Å². The van der Waals surface area contributed by atoms with E-state index in [1.54, 1.807) is 12.1 Å². The van der Waals surface area contributed by atoms with Crippen molar-refractivity contribution < 1.29 is 9.53 Å². The van der Waals surface area contributed by atoms with Gasteiger partial charge in [0, 0.05) is 25.7 Å². The smallest absolute Gasteiger partial charge is 0.226 e. The highest BCUT2D eigenvalue weighted by atomic mass is 35.5. The summed E-state index contributed by atoms with van der Waals surface area (Å²) in [5.74, 6) is 0.770. The Bertz CT molecular complexity index is 443. The van der Waals surface area contributed by atoms with Gasteiger partial charge in [-0.3, -0.25) is 4.79 Å². The minimum absolute atomic E-state index is 0. The molecule has 1 atom stereocenters. The van der Waals surface area contributed by atoms with Gasteiger partial charge >= 0.3 is 0 Å². The van der Waals surface area contributed by atoms with E-state index in [1.807, 2.05) is 17.0 Å². The highest BCUT2D eigenvalue weighted by molar-refractivity contribution is 6.32. The molecule has 1 saturated heterocycles. The molecule has 1 heterocycles. The molecule has 0 spiro atoms. The molecule has 1 N–H and O–H groups in total. The van der Waals surface area contributed by atoms with Gasteiger partial charge in [0.05, 0.1) is 18.1 Å². The highest BCUT2D eigenvalue weighted by Crippen LogP contribution is 2.23. The molecular weight excluding hydrogens is 299 g/mol. The van der Waals surface area contributed by atoms with Gasteiger partial charge in [-0.05, 0) is 19.1 Å². The van der Waals surface area contributed by atoms with Gasteiger partial charge in [0.1, 0.15) is 5.75 Å². The lowest BCUT2D eigenvalue weighted by atomic mass is 10.2. The van der Waals surface area contributed by atoms with E-state index in [4.69, 9.17) is 16.3 Å². The van der Waals surface area contributed by atoms with E-state index in [0.717, 1.165) is 19.6 Å². The maximum atomic E-state index is 12.1. The number of ether oxygens (including phenoxy) is 1. The van der Waals surface area contributed by atoms with E-state index >= 15 is 0 Å². The zero-order valence-electron chi connectivity index (χ0n) is 11.5. The van der Waals surface area contributed by atoms with Gasteiger partial charge in [0.2, 0.25) is 5.91 Å². The fraction of sp³-hybridized carbons (Fsp3) is 0.500. The summed E-state index contributed by atoms with van der Waals surface area (Å²) >= 11 is 5.98. The van der Waals surface area contributed by atoms with Crippen LogP contribution in [0, 0.1) is 0 Å². The number of benzene rings is 1. The second-order valence-corrected chi connectivity index (χ2v) is 5.08. The zero-order valence-corrected chi connectivity index (χ0v) is 13.0. The summed E-state index contributed by atoms with van der Waals surface area (Å²) in [6.45, 7) is 4.91. The van der Waals surface area contributed by atoms with Crippen molar-refractivity contribution in [3.63, 3.8) is 0 Å². The first kappa shape index (κ1) is 17.1. The van der Waals surface area contributed by atoms with Crippen molar-refractivity contribution in [2.45, 2.75) is 19.4 Å². The lowest BCUT2D eigenvalue weighted by molar-refractivity contribution is -0.134. The largest absolute Gasteiger partial charge is 0.491 e. The third-order valence-electron chi connectivity index (χ3n) is 3.23. The Balaban J connectivity index is 0.00000200. The van der Waals surface area contributed by atoms with Crippen LogP contribution in [0.1, 0.15) is 13.3 Å². The molecule has 0 aromatic heterocycles. The van der Waals surface area contributed by atoms with Crippen LogP contribution in [0.5, 0.6) is 5.75 Å². The van der Waals surface area contributed by atoms with Gasteiger partial charge in [-0.25, -0.2) is 0 Å². The number of rotatable bonds is 4. The molecule has 1 fully saturated rings. The summed E-state index contributed by atoms with van der Waals surface area (Å²) in [7, 11) is 0. The normalized spacial score (nSPS) is 18.3. The zero-order chi connectivity index (χ0) is 13.7. The van der Waals surface area contributed by atoms with Crippen LogP contribution in [-0.2, 0) is 4.79 Å². The lowest BCUT2D eigenvalue weighted by Gasteiger charge is -2.34. The molecule has 1 aliphatic rings. The SMILES string of the molecule is C[C@H]1CNCCN1C(=O)CCOc1ccccc1Cl.Cl. The van der Waals surface area contributed by atoms with Crippen molar-refractivity contribution in [1.82, 2.24) is 10.2 Å². The topological polar surface area (TPSA) is 41.6 Å². The average Bonchev–Trinajstić information content (AvgIpc) is 2.41. The number of hydrogen-bond acceptors (Lipinski definition) is 3. The molecule has 112 valence electrons. The third kappa shape index (κ3) is 4.54. The molecule has 0 saturated carbocycles. The molecule has 2 rings (SSSR count). The van der Waals surface area contributed by atoms with Gasteiger partial charge < -0.3 is 15.0 Å². The van der Waals surface area contributed by atoms with Crippen molar-refractivity contribution in [2.75, 3.05) is 26.2 Å². The number of nitrogens with zero attached hydrogens (tertiary/aromatic N) is 1. The van der Waals surface area contributed by atoms with Crippen molar-refractivity contribution >= 4 is 29.9 Å². The lowest BCUT2D eigenvalue weighted by Crippen LogP contribution is -2.52. The highest BCUT2D eigenvalue weighted by Gasteiger charge is 2.22. The van der Waals surface area contributed by atoms with Gasteiger partial charge in [0.25, 0.3) is 0 Å². The first-order valence-corrected chi connectivity index (χ1v) is 6.94. The van der Waals surface area contributed by atoms with E-state index < -0.39 is 0 Å². The van der Waals surface area contributed by atoms with Crippen molar-refractivity contribution in [2.24, 2.45) is 0 Å². The van der Waals surface area contributed by atoms with E-state index in [1.165, 1.54) is 0 Å². The number of carbonyl (C=O) groups is 1. The molecular formula is C14H20Cl2N2O2. The number of halogens is 2. The number of nitrogens with one attached hydrogen (secondary N) is 1. The summed E-state index contributed by atoms with van der Waals surface area (Å²) in [6.07, 6.45) is 0.384. The molecule has 0 bridgehead atoms. The van der Waals surface area contributed by atoms with Crippen molar-refractivity contribution in [1.29, 1.82) is 0 Å². The number of hydrogen-bond donors (Lipinski definition) is 1.